The normalized spacial score (nSPS) is 9.31. The van der Waals surface area contributed by atoms with Gasteiger partial charge in [0, 0.05) is 12.6 Å². The number of hydrogen-bond acceptors (Lipinski definition) is 2. The molecule has 0 aliphatic heterocycles. The third-order valence-electron chi connectivity index (χ3n) is 1.22. The van der Waals surface area contributed by atoms with E-state index in [1.807, 2.05) is 25.2 Å². The summed E-state index contributed by atoms with van der Waals surface area (Å²) in [6.07, 6.45) is -0.167. The first-order valence-corrected chi connectivity index (χ1v) is 4.53. The highest BCUT2D eigenvalue weighted by Gasteiger charge is 1.83. The highest BCUT2D eigenvalue weighted by atomic mass is 16.3. The molecule has 2 nitrogen and oxygen atoms in total. The molecule has 2 heteroatoms. The van der Waals surface area contributed by atoms with Crippen molar-refractivity contribution >= 4 is 0 Å². The fourth-order valence-electron chi connectivity index (χ4n) is 0.800. The Kier molecular flexibility index (Phi) is 7.26. The molecule has 0 saturated carbocycles. The van der Waals surface area contributed by atoms with Crippen LogP contribution in [0.4, 0.5) is 0 Å². The van der Waals surface area contributed by atoms with Crippen molar-refractivity contribution in [2.24, 2.45) is 0 Å². The molecule has 0 spiro atoms. The van der Waals surface area contributed by atoms with Crippen LogP contribution in [-0.4, -0.2) is 18.3 Å². The Morgan fingerprint density at radius 1 is 1.23 bits per heavy atom. The maximum atomic E-state index is 8.06. The van der Waals surface area contributed by atoms with Crippen LogP contribution in [0.25, 0.3) is 0 Å². The number of hydrogen-bond donors (Lipinski definition) is 2. The Labute approximate surface area is 80.6 Å². The molecule has 0 amide bonds. The summed E-state index contributed by atoms with van der Waals surface area (Å²) in [7, 11) is 1.95. The average Bonchev–Trinajstić information content (AvgIpc) is 2.06. The van der Waals surface area contributed by atoms with Gasteiger partial charge in [-0.1, -0.05) is 30.3 Å². The second-order valence-corrected chi connectivity index (χ2v) is 3.11. The molecule has 0 aliphatic carbocycles. The van der Waals surface area contributed by atoms with Crippen molar-refractivity contribution in [2.45, 2.75) is 26.5 Å². The van der Waals surface area contributed by atoms with Gasteiger partial charge in [0.2, 0.25) is 0 Å². The molecule has 1 aromatic carbocycles. The summed E-state index contributed by atoms with van der Waals surface area (Å²) in [4.78, 5) is 0. The Balaban J connectivity index is 0.000000310. The standard InChI is InChI=1S/C8H11N.C3H8O/c1-9-7-8-5-3-2-4-6-8;1-3(2)4/h2-6,9H,7H2,1H3;3-4H,1-2H3. The first kappa shape index (κ1) is 12.1. The van der Waals surface area contributed by atoms with Gasteiger partial charge < -0.3 is 10.4 Å². The van der Waals surface area contributed by atoms with Gasteiger partial charge in [0.1, 0.15) is 0 Å². The van der Waals surface area contributed by atoms with E-state index in [0.717, 1.165) is 6.54 Å². The molecule has 0 aliphatic rings. The molecule has 0 unspecified atom stereocenters. The van der Waals surface area contributed by atoms with Crippen molar-refractivity contribution in [1.29, 1.82) is 0 Å². The highest BCUT2D eigenvalue weighted by Crippen LogP contribution is 1.95. The van der Waals surface area contributed by atoms with Gasteiger partial charge in [-0.15, -0.1) is 0 Å². The molecule has 0 heterocycles. The number of aliphatic hydroxyl groups is 1. The third kappa shape index (κ3) is 9.05. The van der Waals surface area contributed by atoms with Crippen LogP contribution < -0.4 is 5.32 Å². The van der Waals surface area contributed by atoms with Gasteiger partial charge >= 0.3 is 0 Å². The lowest BCUT2D eigenvalue weighted by Gasteiger charge is -1.95. The molecule has 2 N–H and O–H groups in total. The van der Waals surface area contributed by atoms with Crippen LogP contribution in [0.1, 0.15) is 19.4 Å². The van der Waals surface area contributed by atoms with Crippen molar-refractivity contribution in [1.82, 2.24) is 5.32 Å². The molecule has 74 valence electrons. The molecule has 0 fully saturated rings. The summed E-state index contributed by atoms with van der Waals surface area (Å²) >= 11 is 0. The molecule has 0 atom stereocenters. The van der Waals surface area contributed by atoms with E-state index in [2.05, 4.69) is 17.4 Å². The van der Waals surface area contributed by atoms with Crippen LogP contribution in [0, 0.1) is 0 Å². The predicted octanol–water partition coefficient (Wildman–Crippen LogP) is 1.79. The summed E-state index contributed by atoms with van der Waals surface area (Å²) in [5.74, 6) is 0. The largest absolute Gasteiger partial charge is 0.394 e. The lowest BCUT2D eigenvalue weighted by molar-refractivity contribution is 0.216. The van der Waals surface area contributed by atoms with E-state index in [9.17, 15) is 0 Å². The second kappa shape index (κ2) is 7.77. The van der Waals surface area contributed by atoms with Crippen LogP contribution in [-0.2, 0) is 6.54 Å². The van der Waals surface area contributed by atoms with Gasteiger partial charge in [0.05, 0.1) is 0 Å². The SMILES string of the molecule is CC(C)O.CNCc1ccccc1. The number of benzene rings is 1. The second-order valence-electron chi connectivity index (χ2n) is 3.11. The van der Waals surface area contributed by atoms with Gasteiger partial charge in [-0.25, -0.2) is 0 Å². The van der Waals surface area contributed by atoms with Gasteiger partial charge in [-0.2, -0.15) is 0 Å². The minimum atomic E-state index is -0.167. The van der Waals surface area contributed by atoms with E-state index in [4.69, 9.17) is 5.11 Å². The summed E-state index contributed by atoms with van der Waals surface area (Å²) < 4.78 is 0. The van der Waals surface area contributed by atoms with Crippen molar-refractivity contribution in [2.75, 3.05) is 7.05 Å². The van der Waals surface area contributed by atoms with E-state index < -0.39 is 0 Å². The van der Waals surface area contributed by atoms with Crippen molar-refractivity contribution in [3.8, 4) is 0 Å². The van der Waals surface area contributed by atoms with Crippen LogP contribution in [0.5, 0.6) is 0 Å². The summed E-state index contributed by atoms with van der Waals surface area (Å²) in [6, 6.07) is 10.3. The third-order valence-corrected chi connectivity index (χ3v) is 1.22. The van der Waals surface area contributed by atoms with Gasteiger partial charge in [0.15, 0.2) is 0 Å². The predicted molar refractivity (Wildman–Crippen MR) is 56.6 cm³/mol. The molecule has 0 bridgehead atoms. The molecular weight excluding hydrogens is 162 g/mol. The van der Waals surface area contributed by atoms with Gasteiger partial charge in [-0.05, 0) is 26.5 Å². The highest BCUT2D eigenvalue weighted by molar-refractivity contribution is 5.13. The average molecular weight is 181 g/mol. The van der Waals surface area contributed by atoms with Crippen LogP contribution in [0.15, 0.2) is 30.3 Å². The van der Waals surface area contributed by atoms with Crippen LogP contribution in [0.3, 0.4) is 0 Å². The lowest BCUT2D eigenvalue weighted by Crippen LogP contribution is -2.04. The van der Waals surface area contributed by atoms with E-state index in [0.29, 0.717) is 0 Å². The van der Waals surface area contributed by atoms with E-state index in [-0.39, 0.29) is 6.10 Å². The molecule has 0 radical (unpaired) electrons. The smallest absolute Gasteiger partial charge is 0.0483 e. The Morgan fingerprint density at radius 2 is 1.69 bits per heavy atom. The molecule has 1 rings (SSSR count). The van der Waals surface area contributed by atoms with E-state index in [1.54, 1.807) is 13.8 Å². The quantitative estimate of drug-likeness (QED) is 0.729. The molecule has 0 aromatic heterocycles. The maximum absolute atomic E-state index is 8.06. The number of aliphatic hydroxyl groups excluding tert-OH is 1. The molecule has 13 heavy (non-hydrogen) atoms. The summed E-state index contributed by atoms with van der Waals surface area (Å²) in [5, 5.41) is 11.1. The zero-order valence-corrected chi connectivity index (χ0v) is 8.62. The Morgan fingerprint density at radius 3 is 2.08 bits per heavy atom. The van der Waals surface area contributed by atoms with Crippen LogP contribution in [0.2, 0.25) is 0 Å². The fourth-order valence-corrected chi connectivity index (χ4v) is 0.800. The Hall–Kier alpha value is -0.860. The minimum absolute atomic E-state index is 0.167. The first-order valence-electron chi connectivity index (χ1n) is 4.53. The lowest BCUT2D eigenvalue weighted by atomic mass is 10.2. The Bertz CT molecular complexity index is 194. The van der Waals surface area contributed by atoms with Crippen molar-refractivity contribution < 1.29 is 5.11 Å². The zero-order chi connectivity index (χ0) is 10.1. The molecule has 0 saturated heterocycles. The van der Waals surface area contributed by atoms with Gasteiger partial charge in [-0.3, -0.25) is 0 Å². The van der Waals surface area contributed by atoms with Gasteiger partial charge in [0.25, 0.3) is 0 Å². The minimum Gasteiger partial charge on any atom is -0.394 e. The van der Waals surface area contributed by atoms with E-state index in [1.165, 1.54) is 5.56 Å². The first-order chi connectivity index (χ1) is 6.16. The number of rotatable bonds is 2. The summed E-state index contributed by atoms with van der Waals surface area (Å²) in [6.45, 7) is 4.40. The monoisotopic (exact) mass is 181 g/mol. The van der Waals surface area contributed by atoms with Crippen molar-refractivity contribution in [3.05, 3.63) is 35.9 Å². The van der Waals surface area contributed by atoms with Crippen molar-refractivity contribution in [3.63, 3.8) is 0 Å². The number of nitrogens with one attached hydrogen (secondary N) is 1. The molecule has 1 aromatic rings. The van der Waals surface area contributed by atoms with Crippen LogP contribution >= 0.6 is 0 Å². The van der Waals surface area contributed by atoms with E-state index >= 15 is 0 Å². The summed E-state index contributed by atoms with van der Waals surface area (Å²) in [5.41, 5.74) is 1.33. The maximum Gasteiger partial charge on any atom is 0.0483 e. The zero-order valence-electron chi connectivity index (χ0n) is 8.62. The fraction of sp³-hybridized carbons (Fsp3) is 0.455. The topological polar surface area (TPSA) is 32.3 Å². The molecular formula is C11H19NO.